The zero-order valence-corrected chi connectivity index (χ0v) is 15.0. The Morgan fingerprint density at radius 3 is 2.46 bits per heavy atom. The van der Waals surface area contributed by atoms with Gasteiger partial charge in [0.1, 0.15) is 11.5 Å². The van der Waals surface area contributed by atoms with Gasteiger partial charge in [0.15, 0.2) is 0 Å². The van der Waals surface area contributed by atoms with Crippen molar-refractivity contribution in [3.05, 3.63) is 23.2 Å². The Morgan fingerprint density at radius 2 is 1.88 bits per heavy atom. The molecule has 24 heavy (non-hydrogen) atoms. The van der Waals surface area contributed by atoms with E-state index in [0.717, 1.165) is 0 Å². The lowest BCUT2D eigenvalue weighted by molar-refractivity contribution is -0.121. The predicted octanol–water partition coefficient (Wildman–Crippen LogP) is 1.53. The van der Waals surface area contributed by atoms with Crippen molar-refractivity contribution in [3.63, 3.8) is 0 Å². The lowest BCUT2D eigenvalue weighted by Crippen LogP contribution is -2.37. The molecule has 136 valence electrons. The van der Waals surface area contributed by atoms with Crippen LogP contribution in [0.25, 0.3) is 0 Å². The summed E-state index contributed by atoms with van der Waals surface area (Å²) in [4.78, 5) is 26.2. The maximum atomic E-state index is 12.7. The van der Waals surface area contributed by atoms with Gasteiger partial charge in [-0.1, -0.05) is 0 Å². The highest BCUT2D eigenvalue weighted by Crippen LogP contribution is 2.16. The number of nitrogens with one attached hydrogen (secondary N) is 1. The van der Waals surface area contributed by atoms with Gasteiger partial charge in [0.05, 0.1) is 12.2 Å². The van der Waals surface area contributed by atoms with E-state index in [1.165, 1.54) is 0 Å². The Labute approximate surface area is 143 Å². The van der Waals surface area contributed by atoms with E-state index in [2.05, 4.69) is 5.32 Å². The van der Waals surface area contributed by atoms with E-state index in [0.29, 0.717) is 56.4 Å². The number of hydrogen-bond acceptors (Lipinski definition) is 5. The number of nitrogens with zero attached hydrogens (tertiary/aromatic N) is 1. The molecule has 1 heterocycles. The molecule has 0 unspecified atom stereocenters. The lowest BCUT2D eigenvalue weighted by Gasteiger charge is -2.22. The molecule has 1 rings (SSSR count). The standard InChI is InChI=1S/C17H28N2O5/c1-13-12-15(14(2)24-13)17(21)19(8-5-10-22-3)9-6-16(20)18-7-11-23-4/h12H,5-11H2,1-4H3,(H,18,20). The van der Waals surface area contributed by atoms with Gasteiger partial charge in [-0.05, 0) is 26.3 Å². The molecule has 2 amide bonds. The van der Waals surface area contributed by atoms with E-state index in [1.54, 1.807) is 32.1 Å². The number of hydrogen-bond donors (Lipinski definition) is 1. The van der Waals surface area contributed by atoms with Gasteiger partial charge < -0.3 is 24.1 Å². The molecule has 0 aromatic carbocycles. The summed E-state index contributed by atoms with van der Waals surface area (Å²) >= 11 is 0. The molecular formula is C17H28N2O5. The molecule has 0 saturated heterocycles. The molecule has 0 bridgehead atoms. The van der Waals surface area contributed by atoms with Crippen LogP contribution in [-0.2, 0) is 14.3 Å². The number of carbonyl (C=O) groups excluding carboxylic acids is 2. The summed E-state index contributed by atoms with van der Waals surface area (Å²) in [5.41, 5.74) is 0.546. The minimum atomic E-state index is -0.120. The summed E-state index contributed by atoms with van der Waals surface area (Å²) in [6.07, 6.45) is 0.960. The molecule has 1 aromatic heterocycles. The van der Waals surface area contributed by atoms with E-state index >= 15 is 0 Å². The third-order valence-corrected chi connectivity index (χ3v) is 3.57. The molecular weight excluding hydrogens is 312 g/mol. The van der Waals surface area contributed by atoms with Crippen LogP contribution in [0.3, 0.4) is 0 Å². The first-order chi connectivity index (χ1) is 11.5. The van der Waals surface area contributed by atoms with Crippen molar-refractivity contribution in [1.82, 2.24) is 10.2 Å². The van der Waals surface area contributed by atoms with E-state index in [1.807, 2.05) is 6.92 Å². The van der Waals surface area contributed by atoms with Crippen LogP contribution in [0, 0.1) is 13.8 Å². The quantitative estimate of drug-likeness (QED) is 0.618. The number of methoxy groups -OCH3 is 2. The second-order valence-corrected chi connectivity index (χ2v) is 5.56. The van der Waals surface area contributed by atoms with Crippen molar-refractivity contribution < 1.29 is 23.5 Å². The molecule has 0 fully saturated rings. The highest BCUT2D eigenvalue weighted by atomic mass is 16.5. The zero-order valence-electron chi connectivity index (χ0n) is 15.0. The van der Waals surface area contributed by atoms with E-state index < -0.39 is 0 Å². The van der Waals surface area contributed by atoms with Crippen LogP contribution in [0.5, 0.6) is 0 Å². The third-order valence-electron chi connectivity index (χ3n) is 3.57. The van der Waals surface area contributed by atoms with Crippen molar-refractivity contribution in [2.24, 2.45) is 0 Å². The van der Waals surface area contributed by atoms with Gasteiger partial charge in [-0.15, -0.1) is 0 Å². The molecule has 7 nitrogen and oxygen atoms in total. The van der Waals surface area contributed by atoms with Gasteiger partial charge in [0, 0.05) is 46.9 Å². The molecule has 1 N–H and O–H groups in total. The topological polar surface area (TPSA) is 81.0 Å². The van der Waals surface area contributed by atoms with Crippen LogP contribution in [-0.4, -0.2) is 63.8 Å². The van der Waals surface area contributed by atoms with Crippen LogP contribution < -0.4 is 5.32 Å². The summed E-state index contributed by atoms with van der Waals surface area (Å²) in [6, 6.07) is 1.74. The molecule has 0 atom stereocenters. The van der Waals surface area contributed by atoms with Crippen LogP contribution in [0.15, 0.2) is 10.5 Å². The summed E-state index contributed by atoms with van der Waals surface area (Å²) in [5.74, 6) is 1.07. The van der Waals surface area contributed by atoms with Gasteiger partial charge in [-0.3, -0.25) is 9.59 Å². The van der Waals surface area contributed by atoms with Crippen molar-refractivity contribution in [3.8, 4) is 0 Å². The van der Waals surface area contributed by atoms with Gasteiger partial charge in [0.25, 0.3) is 5.91 Å². The van der Waals surface area contributed by atoms with Gasteiger partial charge in [-0.2, -0.15) is 0 Å². The minimum absolute atomic E-state index is 0.100. The van der Waals surface area contributed by atoms with E-state index in [-0.39, 0.29) is 18.2 Å². The summed E-state index contributed by atoms with van der Waals surface area (Å²) in [6.45, 7) is 5.95. The maximum Gasteiger partial charge on any atom is 0.257 e. The van der Waals surface area contributed by atoms with Crippen LogP contribution in [0.2, 0.25) is 0 Å². The number of rotatable bonds is 11. The Kier molecular flexibility index (Phi) is 9.11. The van der Waals surface area contributed by atoms with Crippen molar-refractivity contribution in [2.45, 2.75) is 26.7 Å². The molecule has 7 heteroatoms. The first kappa shape index (κ1) is 20.2. The fourth-order valence-corrected chi connectivity index (χ4v) is 2.35. The number of furan rings is 1. The van der Waals surface area contributed by atoms with Crippen molar-refractivity contribution in [1.29, 1.82) is 0 Å². The molecule has 0 aliphatic carbocycles. The highest BCUT2D eigenvalue weighted by molar-refractivity contribution is 5.95. The highest BCUT2D eigenvalue weighted by Gasteiger charge is 2.21. The fraction of sp³-hybridized carbons (Fsp3) is 0.647. The molecule has 1 aromatic rings. The second kappa shape index (κ2) is 10.8. The number of carbonyl (C=O) groups is 2. The largest absolute Gasteiger partial charge is 0.466 e. The average molecular weight is 340 g/mol. The number of aryl methyl sites for hydroxylation is 2. The Hall–Kier alpha value is -1.86. The normalized spacial score (nSPS) is 10.7. The summed E-state index contributed by atoms with van der Waals surface area (Å²) < 4.78 is 15.4. The first-order valence-electron chi connectivity index (χ1n) is 8.10. The Balaban J connectivity index is 2.64. The predicted molar refractivity (Wildman–Crippen MR) is 90.1 cm³/mol. The molecule has 0 aliphatic rings. The van der Waals surface area contributed by atoms with Gasteiger partial charge >= 0.3 is 0 Å². The second-order valence-electron chi connectivity index (χ2n) is 5.56. The summed E-state index contributed by atoms with van der Waals surface area (Å²) in [5, 5.41) is 2.76. The zero-order chi connectivity index (χ0) is 17.9. The van der Waals surface area contributed by atoms with Crippen LogP contribution in [0.4, 0.5) is 0 Å². The Morgan fingerprint density at radius 1 is 1.17 bits per heavy atom. The SMILES string of the molecule is COCCCN(CCC(=O)NCCOC)C(=O)c1cc(C)oc1C. The van der Waals surface area contributed by atoms with Crippen LogP contribution in [0.1, 0.15) is 34.7 Å². The first-order valence-corrected chi connectivity index (χ1v) is 8.10. The monoisotopic (exact) mass is 340 g/mol. The summed E-state index contributed by atoms with van der Waals surface area (Å²) in [7, 11) is 3.20. The van der Waals surface area contributed by atoms with Crippen molar-refractivity contribution >= 4 is 11.8 Å². The van der Waals surface area contributed by atoms with Crippen molar-refractivity contribution in [2.75, 3.05) is 47.1 Å². The van der Waals surface area contributed by atoms with Gasteiger partial charge in [-0.25, -0.2) is 0 Å². The number of ether oxygens (including phenoxy) is 2. The van der Waals surface area contributed by atoms with E-state index in [9.17, 15) is 9.59 Å². The molecule has 0 spiro atoms. The molecule has 0 aliphatic heterocycles. The lowest BCUT2D eigenvalue weighted by atomic mass is 10.2. The smallest absolute Gasteiger partial charge is 0.257 e. The maximum absolute atomic E-state index is 12.7. The fourth-order valence-electron chi connectivity index (χ4n) is 2.35. The Bertz CT molecular complexity index is 527. The third kappa shape index (κ3) is 6.72. The van der Waals surface area contributed by atoms with E-state index in [4.69, 9.17) is 13.9 Å². The van der Waals surface area contributed by atoms with Crippen LogP contribution >= 0.6 is 0 Å². The number of amides is 2. The molecule has 0 radical (unpaired) electrons. The average Bonchev–Trinajstić information content (AvgIpc) is 2.89. The molecule has 0 saturated carbocycles. The van der Waals surface area contributed by atoms with Gasteiger partial charge in [0.2, 0.25) is 5.91 Å². The minimum Gasteiger partial charge on any atom is -0.466 e.